The van der Waals surface area contributed by atoms with Gasteiger partial charge in [0.1, 0.15) is 6.04 Å². The average Bonchev–Trinajstić information content (AvgIpc) is 2.73. The summed E-state index contributed by atoms with van der Waals surface area (Å²) in [5, 5.41) is 2.86. The van der Waals surface area contributed by atoms with Crippen molar-refractivity contribution in [2.75, 3.05) is 11.9 Å². The van der Waals surface area contributed by atoms with Crippen LogP contribution in [0.4, 0.5) is 5.69 Å². The fourth-order valence-electron chi connectivity index (χ4n) is 2.49. The zero-order chi connectivity index (χ0) is 12.0. The van der Waals surface area contributed by atoms with Crippen LogP contribution in [-0.4, -0.2) is 29.3 Å². The van der Waals surface area contributed by atoms with E-state index >= 15 is 0 Å². The van der Waals surface area contributed by atoms with Crippen molar-refractivity contribution >= 4 is 40.1 Å². The predicted molar refractivity (Wildman–Crippen MR) is 71.8 cm³/mol. The third-order valence-electron chi connectivity index (χ3n) is 3.30. The molecule has 1 N–H and O–H groups in total. The summed E-state index contributed by atoms with van der Waals surface area (Å²) in [4.78, 5) is 26.1. The molecule has 4 nitrogen and oxygen atoms in total. The summed E-state index contributed by atoms with van der Waals surface area (Å²) in [6.07, 6.45) is 1.67. The van der Waals surface area contributed by atoms with E-state index < -0.39 is 0 Å². The molecule has 0 spiro atoms. The highest BCUT2D eigenvalue weighted by atomic mass is 127. The molecule has 0 saturated carbocycles. The predicted octanol–water partition coefficient (Wildman–Crippen LogP) is 1.85. The van der Waals surface area contributed by atoms with E-state index in [4.69, 9.17) is 0 Å². The molecule has 0 aromatic heterocycles. The Morgan fingerprint density at radius 2 is 2.18 bits per heavy atom. The van der Waals surface area contributed by atoms with Gasteiger partial charge in [0.05, 0.1) is 11.3 Å². The van der Waals surface area contributed by atoms with Crippen molar-refractivity contribution in [2.45, 2.75) is 18.9 Å². The van der Waals surface area contributed by atoms with E-state index in [1.807, 2.05) is 12.1 Å². The Balaban J connectivity index is 2.16. The van der Waals surface area contributed by atoms with Crippen LogP contribution in [0, 0.1) is 3.57 Å². The highest BCUT2D eigenvalue weighted by Crippen LogP contribution is 2.31. The molecule has 88 valence electrons. The maximum absolute atomic E-state index is 12.4. The second-order valence-corrected chi connectivity index (χ2v) is 5.47. The lowest BCUT2D eigenvalue weighted by molar-refractivity contribution is -0.119. The summed E-state index contributed by atoms with van der Waals surface area (Å²) in [6, 6.07) is 5.24. The molecule has 17 heavy (non-hydrogen) atoms. The number of amides is 2. The van der Waals surface area contributed by atoms with Crippen LogP contribution >= 0.6 is 22.6 Å². The van der Waals surface area contributed by atoms with Crippen LogP contribution in [0.25, 0.3) is 0 Å². The standard InChI is InChI=1S/C12H11IN2O2/c13-7-3-1-4-8-10(7)12(17)15-6-2-5-9(15)11(16)14-8/h1,3-4,9H,2,5-6H2,(H,14,16)/t9-/m1/s1. The Morgan fingerprint density at radius 3 is 3.00 bits per heavy atom. The molecule has 2 aliphatic heterocycles. The van der Waals surface area contributed by atoms with Crippen LogP contribution in [0.3, 0.4) is 0 Å². The molecule has 1 aromatic rings. The summed E-state index contributed by atoms with van der Waals surface area (Å²) >= 11 is 2.14. The molecule has 5 heteroatoms. The van der Waals surface area contributed by atoms with Crippen molar-refractivity contribution in [3.63, 3.8) is 0 Å². The quantitative estimate of drug-likeness (QED) is 0.732. The molecule has 2 heterocycles. The lowest BCUT2D eigenvalue weighted by atomic mass is 10.1. The number of hydrogen-bond donors (Lipinski definition) is 1. The molecule has 0 aliphatic carbocycles. The van der Waals surface area contributed by atoms with Gasteiger partial charge in [0, 0.05) is 10.1 Å². The van der Waals surface area contributed by atoms with Crippen molar-refractivity contribution in [1.29, 1.82) is 0 Å². The van der Waals surface area contributed by atoms with Crippen molar-refractivity contribution in [2.24, 2.45) is 0 Å². The van der Waals surface area contributed by atoms with E-state index in [9.17, 15) is 9.59 Å². The number of fused-ring (bicyclic) bond motifs is 2. The summed E-state index contributed by atoms with van der Waals surface area (Å²) in [5.74, 6) is -0.0811. The van der Waals surface area contributed by atoms with Gasteiger partial charge in [0.15, 0.2) is 0 Å². The van der Waals surface area contributed by atoms with Gasteiger partial charge in [-0.3, -0.25) is 9.59 Å². The highest BCUT2D eigenvalue weighted by Gasteiger charge is 2.38. The van der Waals surface area contributed by atoms with Gasteiger partial charge < -0.3 is 10.2 Å². The van der Waals surface area contributed by atoms with Crippen molar-refractivity contribution < 1.29 is 9.59 Å². The van der Waals surface area contributed by atoms with Crippen molar-refractivity contribution in [3.05, 3.63) is 27.3 Å². The zero-order valence-corrected chi connectivity index (χ0v) is 11.2. The van der Waals surface area contributed by atoms with Gasteiger partial charge in [-0.15, -0.1) is 0 Å². The lowest BCUT2D eigenvalue weighted by Crippen LogP contribution is -2.40. The fourth-order valence-corrected chi connectivity index (χ4v) is 3.22. The van der Waals surface area contributed by atoms with E-state index in [2.05, 4.69) is 27.9 Å². The molecule has 2 aliphatic rings. The SMILES string of the molecule is O=C1Nc2cccc(I)c2C(=O)N2CCC[C@H]12. The molecule has 0 radical (unpaired) electrons. The molecule has 3 rings (SSSR count). The van der Waals surface area contributed by atoms with Crippen LogP contribution in [0.15, 0.2) is 18.2 Å². The largest absolute Gasteiger partial charge is 0.327 e. The number of nitrogens with zero attached hydrogens (tertiary/aromatic N) is 1. The van der Waals surface area contributed by atoms with Gasteiger partial charge in [0.2, 0.25) is 5.91 Å². The summed E-state index contributed by atoms with van der Waals surface area (Å²) in [5.41, 5.74) is 1.27. The van der Waals surface area contributed by atoms with E-state index in [0.717, 1.165) is 16.4 Å². The number of hydrogen-bond acceptors (Lipinski definition) is 2. The average molecular weight is 342 g/mol. The van der Waals surface area contributed by atoms with Crippen molar-refractivity contribution in [1.82, 2.24) is 4.90 Å². The maximum atomic E-state index is 12.4. The summed E-state index contributed by atoms with van der Waals surface area (Å²) < 4.78 is 0.887. The minimum Gasteiger partial charge on any atom is -0.327 e. The third-order valence-corrected chi connectivity index (χ3v) is 4.20. The van der Waals surface area contributed by atoms with Gasteiger partial charge in [-0.1, -0.05) is 6.07 Å². The first-order chi connectivity index (χ1) is 8.18. The normalized spacial score (nSPS) is 22.9. The van der Waals surface area contributed by atoms with Gasteiger partial charge in [0.25, 0.3) is 5.91 Å². The van der Waals surface area contributed by atoms with E-state index in [1.165, 1.54) is 0 Å². The minimum absolute atomic E-state index is 0.0224. The second-order valence-electron chi connectivity index (χ2n) is 4.31. The zero-order valence-electron chi connectivity index (χ0n) is 9.07. The number of anilines is 1. The number of benzene rings is 1. The minimum atomic E-state index is -0.286. The molecule has 1 fully saturated rings. The maximum Gasteiger partial charge on any atom is 0.257 e. The molecular formula is C12H11IN2O2. The molecular weight excluding hydrogens is 331 g/mol. The lowest BCUT2D eigenvalue weighted by Gasteiger charge is -2.20. The third kappa shape index (κ3) is 1.64. The number of nitrogens with one attached hydrogen (secondary N) is 1. The van der Waals surface area contributed by atoms with Crippen LogP contribution in [0.5, 0.6) is 0 Å². The Hall–Kier alpha value is -1.11. The first-order valence-electron chi connectivity index (χ1n) is 5.59. The summed E-state index contributed by atoms with van der Waals surface area (Å²) in [7, 11) is 0. The number of halogens is 1. The van der Waals surface area contributed by atoms with Crippen LogP contribution in [0.2, 0.25) is 0 Å². The van der Waals surface area contributed by atoms with Crippen LogP contribution in [0.1, 0.15) is 23.2 Å². The van der Waals surface area contributed by atoms with Gasteiger partial charge >= 0.3 is 0 Å². The summed E-state index contributed by atoms with van der Waals surface area (Å²) in [6.45, 7) is 0.682. The Labute approximate surface area is 113 Å². The highest BCUT2D eigenvalue weighted by molar-refractivity contribution is 14.1. The smallest absolute Gasteiger partial charge is 0.257 e. The Bertz CT molecular complexity index is 515. The van der Waals surface area contributed by atoms with E-state index in [0.29, 0.717) is 17.8 Å². The second kappa shape index (κ2) is 3.97. The number of carbonyl (C=O) groups is 2. The van der Waals surface area contributed by atoms with E-state index in [-0.39, 0.29) is 17.9 Å². The molecule has 1 saturated heterocycles. The topological polar surface area (TPSA) is 49.4 Å². The van der Waals surface area contributed by atoms with Gasteiger partial charge in [-0.05, 0) is 47.6 Å². The molecule has 0 bridgehead atoms. The van der Waals surface area contributed by atoms with Gasteiger partial charge in [-0.25, -0.2) is 0 Å². The van der Waals surface area contributed by atoms with Crippen LogP contribution in [-0.2, 0) is 4.79 Å². The first kappa shape index (κ1) is 11.0. The molecule has 2 amide bonds. The Morgan fingerprint density at radius 1 is 1.35 bits per heavy atom. The van der Waals surface area contributed by atoms with E-state index in [1.54, 1.807) is 11.0 Å². The molecule has 1 atom stereocenters. The molecule has 1 aromatic carbocycles. The van der Waals surface area contributed by atoms with Crippen molar-refractivity contribution in [3.8, 4) is 0 Å². The fraction of sp³-hybridized carbons (Fsp3) is 0.333. The van der Waals surface area contributed by atoms with Crippen LogP contribution < -0.4 is 5.32 Å². The monoisotopic (exact) mass is 342 g/mol. The number of rotatable bonds is 0. The van der Waals surface area contributed by atoms with Gasteiger partial charge in [-0.2, -0.15) is 0 Å². The number of carbonyl (C=O) groups excluding carboxylic acids is 2. The molecule has 0 unspecified atom stereocenters. The Kier molecular flexibility index (Phi) is 2.57. The first-order valence-corrected chi connectivity index (χ1v) is 6.66.